The Morgan fingerprint density at radius 3 is 2.69 bits per heavy atom. The Hall–Kier alpha value is -2.96. The van der Waals surface area contributed by atoms with Crippen LogP contribution in [0.2, 0.25) is 0 Å². The molecule has 136 valence electrons. The topological polar surface area (TPSA) is 66.9 Å². The van der Waals surface area contributed by atoms with Crippen LogP contribution in [0.25, 0.3) is 0 Å². The minimum absolute atomic E-state index is 0.0455. The van der Waals surface area contributed by atoms with E-state index in [0.29, 0.717) is 13.1 Å². The number of hydrogen-bond acceptors (Lipinski definition) is 5. The van der Waals surface area contributed by atoms with E-state index in [1.165, 1.54) is 0 Å². The van der Waals surface area contributed by atoms with Crippen LogP contribution >= 0.6 is 0 Å². The molecule has 1 N–H and O–H groups in total. The summed E-state index contributed by atoms with van der Waals surface area (Å²) in [5.74, 6) is 2.44. The van der Waals surface area contributed by atoms with Crippen LogP contribution in [0.5, 0.6) is 11.5 Å². The lowest BCUT2D eigenvalue weighted by atomic mass is 10.1. The van der Waals surface area contributed by atoms with Gasteiger partial charge in [-0.05, 0) is 36.8 Å². The zero-order chi connectivity index (χ0) is 17.9. The van der Waals surface area contributed by atoms with E-state index in [-0.39, 0.29) is 18.9 Å². The van der Waals surface area contributed by atoms with Crippen molar-refractivity contribution in [3.05, 3.63) is 48.2 Å². The zero-order valence-electron chi connectivity index (χ0n) is 14.7. The highest BCUT2D eigenvalue weighted by molar-refractivity contribution is 5.75. The van der Waals surface area contributed by atoms with Crippen molar-refractivity contribution in [2.75, 3.05) is 37.9 Å². The standard InChI is InChI=1S/C19H22N4O3/c1-14(15-5-6-16-17(12-15)26-13-25-16)21-19(24)23-10-8-22(9-11-23)18-4-2-3-7-20-18/h2-7,12,14H,8-11,13H2,1H3,(H,21,24). The molecule has 7 heteroatoms. The average molecular weight is 354 g/mol. The Morgan fingerprint density at radius 1 is 1.12 bits per heavy atom. The van der Waals surface area contributed by atoms with Crippen molar-refractivity contribution in [1.82, 2.24) is 15.2 Å². The second-order valence-electron chi connectivity index (χ2n) is 6.45. The monoisotopic (exact) mass is 354 g/mol. The molecule has 2 aromatic rings. The second kappa shape index (κ2) is 7.11. The number of benzene rings is 1. The molecule has 0 spiro atoms. The summed E-state index contributed by atoms with van der Waals surface area (Å²) in [6.07, 6.45) is 1.79. The summed E-state index contributed by atoms with van der Waals surface area (Å²) in [5, 5.41) is 3.07. The summed E-state index contributed by atoms with van der Waals surface area (Å²) in [6, 6.07) is 11.5. The van der Waals surface area contributed by atoms with Gasteiger partial charge in [0.1, 0.15) is 5.82 Å². The number of nitrogens with zero attached hydrogens (tertiary/aromatic N) is 3. The number of carbonyl (C=O) groups is 1. The molecule has 7 nitrogen and oxygen atoms in total. The third-order valence-corrected chi connectivity index (χ3v) is 4.78. The molecule has 0 radical (unpaired) electrons. The van der Waals surface area contributed by atoms with Gasteiger partial charge in [-0.25, -0.2) is 9.78 Å². The number of hydrogen-bond donors (Lipinski definition) is 1. The Bertz CT molecular complexity index is 776. The Kier molecular flexibility index (Phi) is 4.51. The highest BCUT2D eigenvalue weighted by atomic mass is 16.7. The lowest BCUT2D eigenvalue weighted by Crippen LogP contribution is -2.52. The molecule has 1 aromatic carbocycles. The van der Waals surface area contributed by atoms with Crippen molar-refractivity contribution in [3.63, 3.8) is 0 Å². The van der Waals surface area contributed by atoms with Crippen molar-refractivity contribution >= 4 is 11.8 Å². The molecule has 1 atom stereocenters. The van der Waals surface area contributed by atoms with E-state index in [0.717, 1.165) is 36.0 Å². The minimum atomic E-state index is -0.106. The summed E-state index contributed by atoms with van der Waals surface area (Å²) in [5.41, 5.74) is 0.995. The fourth-order valence-electron chi connectivity index (χ4n) is 3.22. The third kappa shape index (κ3) is 3.37. The van der Waals surface area contributed by atoms with Gasteiger partial charge in [0, 0.05) is 32.4 Å². The smallest absolute Gasteiger partial charge is 0.317 e. The number of nitrogens with one attached hydrogen (secondary N) is 1. The number of fused-ring (bicyclic) bond motifs is 1. The van der Waals surface area contributed by atoms with Gasteiger partial charge in [-0.15, -0.1) is 0 Å². The lowest BCUT2D eigenvalue weighted by Gasteiger charge is -2.35. The van der Waals surface area contributed by atoms with Gasteiger partial charge in [-0.3, -0.25) is 0 Å². The minimum Gasteiger partial charge on any atom is -0.454 e. The summed E-state index contributed by atoms with van der Waals surface area (Å²) < 4.78 is 10.7. The number of rotatable bonds is 3. The predicted molar refractivity (Wildman–Crippen MR) is 97.5 cm³/mol. The number of aromatic nitrogens is 1. The van der Waals surface area contributed by atoms with Crippen molar-refractivity contribution in [1.29, 1.82) is 0 Å². The number of anilines is 1. The molecule has 1 saturated heterocycles. The molecule has 1 fully saturated rings. The van der Waals surface area contributed by atoms with Crippen LogP contribution < -0.4 is 19.7 Å². The first kappa shape index (κ1) is 16.5. The summed E-state index contributed by atoms with van der Waals surface area (Å²) in [7, 11) is 0. The first-order valence-corrected chi connectivity index (χ1v) is 8.82. The number of piperazine rings is 1. The van der Waals surface area contributed by atoms with Gasteiger partial charge in [-0.2, -0.15) is 0 Å². The highest BCUT2D eigenvalue weighted by Crippen LogP contribution is 2.34. The van der Waals surface area contributed by atoms with Gasteiger partial charge in [0.25, 0.3) is 0 Å². The molecule has 0 aliphatic carbocycles. The van der Waals surface area contributed by atoms with Crippen molar-refractivity contribution in [2.24, 2.45) is 0 Å². The molecule has 4 rings (SSSR count). The molecule has 1 aromatic heterocycles. The van der Waals surface area contributed by atoms with Gasteiger partial charge in [-0.1, -0.05) is 12.1 Å². The Morgan fingerprint density at radius 2 is 1.92 bits per heavy atom. The SMILES string of the molecule is CC(NC(=O)N1CCN(c2ccccn2)CC1)c1ccc2c(c1)OCO2. The van der Waals surface area contributed by atoms with Crippen molar-refractivity contribution in [3.8, 4) is 11.5 Å². The van der Waals surface area contributed by atoms with Crippen LogP contribution in [0, 0.1) is 0 Å². The van der Waals surface area contributed by atoms with Crippen LogP contribution in [0.15, 0.2) is 42.6 Å². The molecule has 3 heterocycles. The fourth-order valence-corrected chi connectivity index (χ4v) is 3.22. The largest absolute Gasteiger partial charge is 0.454 e. The van der Waals surface area contributed by atoms with E-state index in [2.05, 4.69) is 15.2 Å². The highest BCUT2D eigenvalue weighted by Gasteiger charge is 2.23. The lowest BCUT2D eigenvalue weighted by molar-refractivity contribution is 0.174. The molecular formula is C19H22N4O3. The predicted octanol–water partition coefficient (Wildman–Crippen LogP) is 2.40. The Labute approximate surface area is 152 Å². The normalized spacial score (nSPS) is 17.1. The van der Waals surface area contributed by atoms with Gasteiger partial charge in [0.15, 0.2) is 11.5 Å². The van der Waals surface area contributed by atoms with E-state index >= 15 is 0 Å². The molecule has 26 heavy (non-hydrogen) atoms. The number of urea groups is 1. The van der Waals surface area contributed by atoms with Gasteiger partial charge in [0.05, 0.1) is 6.04 Å². The molecule has 0 bridgehead atoms. The van der Waals surface area contributed by atoms with Crippen LogP contribution in [-0.4, -0.2) is 48.9 Å². The van der Waals surface area contributed by atoms with Crippen molar-refractivity contribution in [2.45, 2.75) is 13.0 Å². The molecule has 2 amide bonds. The van der Waals surface area contributed by atoms with E-state index < -0.39 is 0 Å². The second-order valence-corrected chi connectivity index (χ2v) is 6.45. The van der Waals surface area contributed by atoms with E-state index in [9.17, 15) is 4.79 Å². The number of amides is 2. The number of pyridine rings is 1. The molecule has 1 unspecified atom stereocenters. The van der Waals surface area contributed by atoms with Crippen LogP contribution in [0.1, 0.15) is 18.5 Å². The maximum Gasteiger partial charge on any atom is 0.317 e. The fraction of sp³-hybridized carbons (Fsp3) is 0.368. The molecule has 2 aliphatic heterocycles. The molecular weight excluding hydrogens is 332 g/mol. The quantitative estimate of drug-likeness (QED) is 0.917. The summed E-state index contributed by atoms with van der Waals surface area (Å²) in [6.45, 7) is 5.14. The average Bonchev–Trinajstić information content (AvgIpc) is 3.16. The molecule has 2 aliphatic rings. The van der Waals surface area contributed by atoms with Crippen LogP contribution in [0.3, 0.4) is 0 Å². The summed E-state index contributed by atoms with van der Waals surface area (Å²) in [4.78, 5) is 21.0. The van der Waals surface area contributed by atoms with E-state index in [1.54, 1.807) is 6.20 Å². The maximum atomic E-state index is 12.6. The van der Waals surface area contributed by atoms with E-state index in [4.69, 9.17) is 9.47 Å². The summed E-state index contributed by atoms with van der Waals surface area (Å²) >= 11 is 0. The van der Waals surface area contributed by atoms with Gasteiger partial charge in [0.2, 0.25) is 6.79 Å². The first-order valence-electron chi connectivity index (χ1n) is 8.82. The third-order valence-electron chi connectivity index (χ3n) is 4.78. The van der Waals surface area contributed by atoms with Crippen LogP contribution in [0.4, 0.5) is 10.6 Å². The first-order chi connectivity index (χ1) is 12.7. The molecule has 0 saturated carbocycles. The number of ether oxygens (including phenoxy) is 2. The van der Waals surface area contributed by atoms with Crippen molar-refractivity contribution < 1.29 is 14.3 Å². The van der Waals surface area contributed by atoms with Crippen LogP contribution in [-0.2, 0) is 0 Å². The Balaban J connectivity index is 1.32. The van der Waals surface area contributed by atoms with Gasteiger partial charge < -0.3 is 24.6 Å². The van der Waals surface area contributed by atoms with Gasteiger partial charge >= 0.3 is 6.03 Å². The van der Waals surface area contributed by atoms with E-state index in [1.807, 2.05) is 48.2 Å². The zero-order valence-corrected chi connectivity index (χ0v) is 14.7. The number of carbonyl (C=O) groups excluding carboxylic acids is 1. The maximum absolute atomic E-state index is 12.6.